The molecule has 0 saturated carbocycles. The van der Waals surface area contributed by atoms with Gasteiger partial charge in [-0.3, -0.25) is 0 Å². The van der Waals surface area contributed by atoms with Gasteiger partial charge in [-0.2, -0.15) is 0 Å². The highest BCUT2D eigenvalue weighted by Gasteiger charge is 2.17. The van der Waals surface area contributed by atoms with E-state index in [1.807, 2.05) is 36.1 Å². The van der Waals surface area contributed by atoms with Gasteiger partial charge in [0.2, 0.25) is 0 Å². The van der Waals surface area contributed by atoms with Crippen molar-refractivity contribution < 1.29 is 9.50 Å². The summed E-state index contributed by atoms with van der Waals surface area (Å²) in [7, 11) is 0. The predicted molar refractivity (Wildman–Crippen MR) is 114 cm³/mol. The van der Waals surface area contributed by atoms with Crippen molar-refractivity contribution in [2.45, 2.75) is 27.2 Å². The molecule has 0 heterocycles. The van der Waals surface area contributed by atoms with Crippen LogP contribution in [0.4, 0.5) is 4.39 Å². The Bertz CT molecular complexity index is 821. The monoisotopic (exact) mass is 450 g/mol. The molecule has 0 saturated heterocycles. The van der Waals surface area contributed by atoms with Crippen molar-refractivity contribution in [3.8, 4) is 5.75 Å². The highest BCUT2D eigenvalue weighted by Crippen LogP contribution is 2.38. The van der Waals surface area contributed by atoms with Crippen LogP contribution < -0.4 is 0 Å². The number of phenols is 1. The van der Waals surface area contributed by atoms with Gasteiger partial charge in [-0.05, 0) is 82.7 Å². The van der Waals surface area contributed by atoms with Crippen LogP contribution in [0.5, 0.6) is 5.75 Å². The van der Waals surface area contributed by atoms with E-state index in [0.29, 0.717) is 17.2 Å². The molecule has 25 heavy (non-hydrogen) atoms. The summed E-state index contributed by atoms with van der Waals surface area (Å²) in [5, 5.41) is 10.0. The van der Waals surface area contributed by atoms with Crippen LogP contribution in [0.15, 0.2) is 48.6 Å². The number of allylic oxidation sites excluding steroid dienone is 4. The summed E-state index contributed by atoms with van der Waals surface area (Å²) in [5.41, 5.74) is 5.86. The average molecular weight is 450 g/mol. The average Bonchev–Trinajstić information content (AvgIpc) is 2.61. The van der Waals surface area contributed by atoms with E-state index in [1.54, 1.807) is 13.0 Å². The van der Waals surface area contributed by atoms with Gasteiger partial charge in [-0.25, -0.2) is 4.39 Å². The molecule has 1 aliphatic rings. The minimum absolute atomic E-state index is 0.178. The highest BCUT2D eigenvalue weighted by molar-refractivity contribution is 14.1. The summed E-state index contributed by atoms with van der Waals surface area (Å²) >= 11 is 2.15. The number of hydrogen-bond acceptors (Lipinski definition) is 1. The van der Waals surface area contributed by atoms with Crippen molar-refractivity contribution in [2.75, 3.05) is 4.93 Å². The van der Waals surface area contributed by atoms with Crippen LogP contribution in [0.1, 0.15) is 35.6 Å². The van der Waals surface area contributed by atoms with Crippen LogP contribution in [0.3, 0.4) is 0 Å². The number of aromatic hydroxyl groups is 1. The molecule has 0 radical (unpaired) electrons. The summed E-state index contributed by atoms with van der Waals surface area (Å²) in [4.78, 5) is 1.97. The Morgan fingerprint density at radius 3 is 2.32 bits per heavy atom. The highest BCUT2D eigenvalue weighted by atomic mass is 127. The van der Waals surface area contributed by atoms with Crippen LogP contribution >= 0.6 is 22.6 Å². The van der Waals surface area contributed by atoms with Gasteiger partial charge in [-0.1, -0.05) is 59.9 Å². The maximum Gasteiger partial charge on any atom is 0.126 e. The molecule has 1 aliphatic carbocycles. The second kappa shape index (κ2) is 8.65. The predicted octanol–water partition coefficient (Wildman–Crippen LogP) is 6.71. The van der Waals surface area contributed by atoms with Crippen molar-refractivity contribution in [3.05, 3.63) is 76.6 Å². The van der Waals surface area contributed by atoms with E-state index >= 15 is 0 Å². The Labute approximate surface area is 163 Å². The first-order valence-electron chi connectivity index (χ1n) is 8.31. The van der Waals surface area contributed by atoms with Crippen molar-refractivity contribution in [3.63, 3.8) is 0 Å². The number of benzene rings is 2. The van der Waals surface area contributed by atoms with Gasteiger partial charge in [0.05, 0.1) is 0 Å². The minimum Gasteiger partial charge on any atom is -0.508 e. The third kappa shape index (κ3) is 4.51. The molecule has 1 N–H and O–H groups in total. The van der Waals surface area contributed by atoms with Gasteiger partial charge in [0.15, 0.2) is 0 Å². The molecular weight excluding hydrogens is 426 g/mol. The van der Waals surface area contributed by atoms with Crippen LogP contribution in [-0.2, 0) is 0 Å². The lowest BCUT2D eigenvalue weighted by Crippen LogP contribution is -2.02. The Balaban J connectivity index is 0.00000109. The molecule has 0 aliphatic heterocycles. The topological polar surface area (TPSA) is 20.2 Å². The molecule has 1 atom stereocenters. The zero-order chi connectivity index (χ0) is 18.6. The van der Waals surface area contributed by atoms with Gasteiger partial charge < -0.3 is 5.11 Å². The number of halogens is 2. The smallest absolute Gasteiger partial charge is 0.126 e. The van der Waals surface area contributed by atoms with E-state index in [2.05, 4.69) is 41.7 Å². The summed E-state index contributed by atoms with van der Waals surface area (Å²) in [6.45, 7) is 5.85. The second-order valence-corrected chi connectivity index (χ2v) is 6.40. The van der Waals surface area contributed by atoms with E-state index in [-0.39, 0.29) is 5.82 Å². The van der Waals surface area contributed by atoms with E-state index < -0.39 is 0 Å². The van der Waals surface area contributed by atoms with Crippen molar-refractivity contribution in [2.24, 2.45) is 5.92 Å². The fourth-order valence-electron chi connectivity index (χ4n) is 3.01. The van der Waals surface area contributed by atoms with Gasteiger partial charge >= 0.3 is 0 Å². The third-order valence-corrected chi connectivity index (χ3v) is 4.47. The summed E-state index contributed by atoms with van der Waals surface area (Å²) < 4.78 is 13.6. The van der Waals surface area contributed by atoms with Crippen molar-refractivity contribution in [1.29, 1.82) is 0 Å². The maximum absolute atomic E-state index is 13.6. The molecule has 3 rings (SSSR count). The molecular formula is C22H24FIO. The fraction of sp³-hybridized carbons (Fsp3) is 0.273. The molecule has 2 aromatic rings. The quantitative estimate of drug-likeness (QED) is 0.399. The first kappa shape index (κ1) is 19.7. The van der Waals surface area contributed by atoms with Gasteiger partial charge in [0, 0.05) is 0 Å². The molecule has 0 amide bonds. The van der Waals surface area contributed by atoms with Gasteiger partial charge in [0.1, 0.15) is 11.6 Å². The Kier molecular flexibility index (Phi) is 6.82. The Morgan fingerprint density at radius 2 is 1.68 bits per heavy atom. The Hall–Kier alpha value is -1.62. The van der Waals surface area contributed by atoms with Gasteiger partial charge in [-0.15, -0.1) is 0 Å². The summed E-state index contributed by atoms with van der Waals surface area (Å²) in [6, 6.07) is 11.0. The lowest BCUT2D eigenvalue weighted by Gasteiger charge is -2.21. The third-order valence-electron chi connectivity index (χ3n) is 4.47. The van der Waals surface area contributed by atoms with E-state index in [4.69, 9.17) is 0 Å². The number of alkyl halides is 1. The molecule has 0 spiro atoms. The standard InChI is InChI=1S/C21H21FO.CH3I/c1-13-4-8-18(17-6-5-14(2)21(23)12-17)19(10-13)16-7-9-20(22)15(3)11-16;1-2/h4-9,11-13,23H,10H2,1-3H3;1H3. The van der Waals surface area contributed by atoms with Gasteiger partial charge in [0.25, 0.3) is 0 Å². The minimum atomic E-state index is -0.178. The number of rotatable bonds is 2. The zero-order valence-electron chi connectivity index (χ0n) is 15.1. The Morgan fingerprint density at radius 1 is 1.00 bits per heavy atom. The number of aryl methyl sites for hydroxylation is 2. The second-order valence-electron chi connectivity index (χ2n) is 6.40. The molecule has 3 heteroatoms. The summed E-state index contributed by atoms with van der Waals surface area (Å²) in [5.74, 6) is 0.568. The molecule has 132 valence electrons. The lowest BCUT2D eigenvalue weighted by atomic mass is 9.83. The molecule has 1 unspecified atom stereocenters. The molecule has 2 aromatic carbocycles. The van der Waals surface area contributed by atoms with Crippen LogP contribution in [0.25, 0.3) is 11.1 Å². The van der Waals surface area contributed by atoms with Crippen LogP contribution in [0.2, 0.25) is 0 Å². The number of phenolic OH excluding ortho intramolecular Hbond substituents is 1. The molecule has 0 bridgehead atoms. The number of hydrogen-bond donors (Lipinski definition) is 1. The SMILES string of the molecule is CI.Cc1ccc(C2=C(c3ccc(F)c(C)c3)CC(C)C=C2)cc1O. The van der Waals surface area contributed by atoms with Crippen molar-refractivity contribution in [1.82, 2.24) is 0 Å². The van der Waals surface area contributed by atoms with E-state index in [1.165, 1.54) is 11.6 Å². The fourth-order valence-corrected chi connectivity index (χ4v) is 3.01. The molecule has 0 fully saturated rings. The normalized spacial score (nSPS) is 16.5. The van der Waals surface area contributed by atoms with Crippen LogP contribution in [-0.4, -0.2) is 10.0 Å². The molecule has 1 nitrogen and oxygen atoms in total. The van der Waals surface area contributed by atoms with Crippen molar-refractivity contribution >= 4 is 33.7 Å². The molecule has 0 aromatic heterocycles. The zero-order valence-corrected chi connectivity index (χ0v) is 17.3. The first-order valence-corrected chi connectivity index (χ1v) is 10.5. The van der Waals surface area contributed by atoms with Crippen LogP contribution in [0, 0.1) is 25.6 Å². The summed E-state index contributed by atoms with van der Waals surface area (Å²) in [6.07, 6.45) is 5.21. The van der Waals surface area contributed by atoms with E-state index in [0.717, 1.165) is 28.7 Å². The largest absolute Gasteiger partial charge is 0.508 e. The lowest BCUT2D eigenvalue weighted by molar-refractivity contribution is 0.471. The van der Waals surface area contributed by atoms with E-state index in [9.17, 15) is 9.50 Å². The maximum atomic E-state index is 13.6. The first-order chi connectivity index (χ1) is 12.0.